The minimum atomic E-state index is -0.877. The Morgan fingerprint density at radius 2 is 1.83 bits per heavy atom. The van der Waals surface area contributed by atoms with Crippen LogP contribution in [0.25, 0.3) is 5.69 Å². The standard InChI is InChI=1S/C22H23ClN4O3/c1-22(2,3)21-25-19(26-27(21)15-7-5-4-6-8-15)20(30)24-17-11-9-14(13-16(17)23)10-12-18(28)29/h4-9,11,13H,10,12H2,1-3H3,(H,24,30)(H,28,29). The fraction of sp³-hybridized carbons (Fsp3) is 0.273. The number of aryl methyl sites for hydroxylation is 1. The van der Waals surface area contributed by atoms with E-state index in [0.717, 1.165) is 11.3 Å². The van der Waals surface area contributed by atoms with E-state index in [9.17, 15) is 9.59 Å². The van der Waals surface area contributed by atoms with E-state index in [1.54, 1.807) is 22.9 Å². The van der Waals surface area contributed by atoms with Gasteiger partial charge in [-0.25, -0.2) is 9.67 Å². The second-order valence-corrected chi connectivity index (χ2v) is 8.33. The Balaban J connectivity index is 1.85. The molecule has 2 aromatic carbocycles. The lowest BCUT2D eigenvalue weighted by Gasteiger charge is -2.18. The van der Waals surface area contributed by atoms with Gasteiger partial charge in [0.15, 0.2) is 0 Å². The number of aliphatic carboxylic acids is 1. The lowest BCUT2D eigenvalue weighted by Crippen LogP contribution is -2.18. The van der Waals surface area contributed by atoms with Crippen molar-refractivity contribution < 1.29 is 14.7 Å². The second kappa shape index (κ2) is 8.67. The van der Waals surface area contributed by atoms with Crippen LogP contribution in [0.4, 0.5) is 5.69 Å². The highest BCUT2D eigenvalue weighted by Gasteiger charge is 2.26. The molecule has 0 aliphatic heterocycles. The van der Waals surface area contributed by atoms with Crippen molar-refractivity contribution in [2.45, 2.75) is 39.0 Å². The van der Waals surface area contributed by atoms with E-state index >= 15 is 0 Å². The van der Waals surface area contributed by atoms with Crippen molar-refractivity contribution in [3.8, 4) is 5.69 Å². The van der Waals surface area contributed by atoms with Gasteiger partial charge >= 0.3 is 5.97 Å². The molecule has 2 N–H and O–H groups in total. The van der Waals surface area contributed by atoms with Gasteiger partial charge < -0.3 is 10.4 Å². The topological polar surface area (TPSA) is 97.1 Å². The highest BCUT2D eigenvalue weighted by molar-refractivity contribution is 6.34. The number of rotatable bonds is 6. The number of carbonyl (C=O) groups excluding carboxylic acids is 1. The Morgan fingerprint density at radius 1 is 1.13 bits per heavy atom. The summed E-state index contributed by atoms with van der Waals surface area (Å²) in [6.07, 6.45) is 0.375. The summed E-state index contributed by atoms with van der Waals surface area (Å²) >= 11 is 6.27. The van der Waals surface area contributed by atoms with Gasteiger partial charge in [-0.2, -0.15) is 0 Å². The first-order valence-electron chi connectivity index (χ1n) is 9.49. The summed E-state index contributed by atoms with van der Waals surface area (Å²) in [6.45, 7) is 6.01. The van der Waals surface area contributed by atoms with Crippen LogP contribution in [-0.4, -0.2) is 31.7 Å². The van der Waals surface area contributed by atoms with E-state index in [1.165, 1.54) is 0 Å². The largest absolute Gasteiger partial charge is 0.481 e. The minimum Gasteiger partial charge on any atom is -0.481 e. The summed E-state index contributed by atoms with van der Waals surface area (Å²) in [5, 5.41) is 16.3. The predicted molar refractivity (Wildman–Crippen MR) is 115 cm³/mol. The van der Waals surface area contributed by atoms with Crippen molar-refractivity contribution in [1.82, 2.24) is 14.8 Å². The third kappa shape index (κ3) is 5.04. The zero-order valence-corrected chi connectivity index (χ0v) is 17.8. The molecule has 8 heteroatoms. The van der Waals surface area contributed by atoms with Gasteiger partial charge in [0.2, 0.25) is 5.82 Å². The van der Waals surface area contributed by atoms with Crippen molar-refractivity contribution in [1.29, 1.82) is 0 Å². The number of anilines is 1. The monoisotopic (exact) mass is 426 g/mol. The zero-order chi connectivity index (χ0) is 21.9. The summed E-state index contributed by atoms with van der Waals surface area (Å²) in [5.41, 5.74) is 1.68. The van der Waals surface area contributed by atoms with Crippen LogP contribution in [-0.2, 0) is 16.6 Å². The van der Waals surface area contributed by atoms with Gasteiger partial charge in [0, 0.05) is 11.8 Å². The molecule has 30 heavy (non-hydrogen) atoms. The molecule has 0 saturated carbocycles. The third-order valence-corrected chi connectivity index (χ3v) is 4.70. The van der Waals surface area contributed by atoms with E-state index < -0.39 is 11.9 Å². The fourth-order valence-electron chi connectivity index (χ4n) is 2.89. The van der Waals surface area contributed by atoms with E-state index in [0.29, 0.717) is 23.0 Å². The van der Waals surface area contributed by atoms with E-state index in [2.05, 4.69) is 15.4 Å². The molecular formula is C22H23ClN4O3. The molecule has 0 atom stereocenters. The van der Waals surface area contributed by atoms with Crippen molar-refractivity contribution in [3.05, 3.63) is 70.8 Å². The molecule has 0 bridgehead atoms. The average molecular weight is 427 g/mol. The normalized spacial score (nSPS) is 11.3. The Labute approximate surface area is 179 Å². The molecule has 3 rings (SSSR count). The summed E-state index contributed by atoms with van der Waals surface area (Å²) in [4.78, 5) is 28.0. The Bertz CT molecular complexity index is 1070. The highest BCUT2D eigenvalue weighted by atomic mass is 35.5. The Kier molecular flexibility index (Phi) is 6.22. The lowest BCUT2D eigenvalue weighted by atomic mass is 9.95. The number of aromatic nitrogens is 3. The number of hydrogen-bond donors (Lipinski definition) is 2. The van der Waals surface area contributed by atoms with Crippen molar-refractivity contribution >= 4 is 29.2 Å². The highest BCUT2D eigenvalue weighted by Crippen LogP contribution is 2.26. The molecule has 1 heterocycles. The van der Waals surface area contributed by atoms with Crippen LogP contribution in [0.2, 0.25) is 5.02 Å². The summed E-state index contributed by atoms with van der Waals surface area (Å²) in [5.74, 6) is -0.655. The van der Waals surface area contributed by atoms with Crippen LogP contribution in [0.1, 0.15) is 49.2 Å². The number of carbonyl (C=O) groups is 2. The molecule has 1 amide bonds. The molecule has 156 valence electrons. The molecule has 0 unspecified atom stereocenters. The number of carboxylic acid groups (broad SMARTS) is 1. The first kappa shape index (κ1) is 21.5. The summed E-state index contributed by atoms with van der Waals surface area (Å²) < 4.78 is 1.67. The molecular weight excluding hydrogens is 404 g/mol. The lowest BCUT2D eigenvalue weighted by molar-refractivity contribution is -0.136. The number of nitrogens with one attached hydrogen (secondary N) is 1. The van der Waals surface area contributed by atoms with Crippen LogP contribution < -0.4 is 5.32 Å². The van der Waals surface area contributed by atoms with Gasteiger partial charge in [-0.1, -0.05) is 56.6 Å². The number of benzene rings is 2. The first-order valence-corrected chi connectivity index (χ1v) is 9.87. The predicted octanol–water partition coefficient (Wildman–Crippen LogP) is 4.49. The van der Waals surface area contributed by atoms with Crippen molar-refractivity contribution in [2.75, 3.05) is 5.32 Å². The van der Waals surface area contributed by atoms with Gasteiger partial charge in [0.05, 0.1) is 16.4 Å². The van der Waals surface area contributed by atoms with Gasteiger partial charge in [-0.05, 0) is 36.2 Å². The van der Waals surface area contributed by atoms with Gasteiger partial charge in [0.25, 0.3) is 5.91 Å². The number of carboxylic acids is 1. The molecule has 0 aliphatic carbocycles. The first-order chi connectivity index (χ1) is 14.1. The van der Waals surface area contributed by atoms with E-state index in [1.807, 2.05) is 51.1 Å². The molecule has 0 aliphatic rings. The molecule has 0 spiro atoms. The zero-order valence-electron chi connectivity index (χ0n) is 17.0. The van der Waals surface area contributed by atoms with Crippen LogP contribution in [0, 0.1) is 0 Å². The second-order valence-electron chi connectivity index (χ2n) is 7.92. The minimum absolute atomic E-state index is 0.0124. The summed E-state index contributed by atoms with van der Waals surface area (Å²) in [7, 11) is 0. The Hall–Kier alpha value is -3.19. The van der Waals surface area contributed by atoms with E-state index in [4.69, 9.17) is 16.7 Å². The number of nitrogens with zero attached hydrogens (tertiary/aromatic N) is 3. The number of amides is 1. The SMILES string of the molecule is CC(C)(C)c1nc(C(=O)Nc2ccc(CCC(=O)O)cc2Cl)nn1-c1ccccc1. The smallest absolute Gasteiger partial charge is 0.303 e. The van der Waals surface area contributed by atoms with Crippen LogP contribution in [0.5, 0.6) is 0 Å². The third-order valence-electron chi connectivity index (χ3n) is 4.39. The van der Waals surface area contributed by atoms with Crippen LogP contribution >= 0.6 is 11.6 Å². The van der Waals surface area contributed by atoms with E-state index in [-0.39, 0.29) is 17.7 Å². The molecule has 0 radical (unpaired) electrons. The number of para-hydroxylation sites is 1. The Morgan fingerprint density at radius 3 is 2.43 bits per heavy atom. The molecule has 0 fully saturated rings. The average Bonchev–Trinajstić information content (AvgIpc) is 3.15. The summed E-state index contributed by atoms with van der Waals surface area (Å²) in [6, 6.07) is 14.5. The van der Waals surface area contributed by atoms with Crippen LogP contribution in [0.15, 0.2) is 48.5 Å². The quantitative estimate of drug-likeness (QED) is 0.605. The number of hydrogen-bond acceptors (Lipinski definition) is 4. The fourth-order valence-corrected chi connectivity index (χ4v) is 3.14. The maximum atomic E-state index is 12.8. The molecule has 7 nitrogen and oxygen atoms in total. The maximum absolute atomic E-state index is 12.8. The van der Waals surface area contributed by atoms with Gasteiger partial charge in [-0.3, -0.25) is 9.59 Å². The van der Waals surface area contributed by atoms with Gasteiger partial charge in [0.1, 0.15) is 5.82 Å². The maximum Gasteiger partial charge on any atom is 0.303 e. The molecule has 3 aromatic rings. The van der Waals surface area contributed by atoms with Gasteiger partial charge in [-0.15, -0.1) is 5.10 Å². The van der Waals surface area contributed by atoms with Crippen molar-refractivity contribution in [3.63, 3.8) is 0 Å². The number of halogens is 1. The molecule has 0 saturated heterocycles. The van der Waals surface area contributed by atoms with Crippen LogP contribution in [0.3, 0.4) is 0 Å². The molecule has 1 aromatic heterocycles. The van der Waals surface area contributed by atoms with Crippen molar-refractivity contribution in [2.24, 2.45) is 0 Å².